The Balaban J connectivity index is 1.26. The van der Waals surface area contributed by atoms with Crippen molar-refractivity contribution < 1.29 is 68.4 Å². The quantitative estimate of drug-likeness (QED) is 0.0480. The normalized spacial score (nSPS) is 22.7. The lowest BCUT2D eigenvalue weighted by atomic mass is 10.1. The maximum absolute atomic E-state index is 14.0. The zero-order valence-electron chi connectivity index (χ0n) is 35.5. The summed E-state index contributed by atoms with van der Waals surface area (Å²) in [6, 6.07) is -9.58. The van der Waals surface area contributed by atoms with E-state index in [2.05, 4.69) is 26.6 Å². The number of carboxylic acids is 1. The van der Waals surface area contributed by atoms with E-state index in [9.17, 15) is 68.4 Å². The summed E-state index contributed by atoms with van der Waals surface area (Å²) in [5.74, 6) is -7.46. The number of carboxylic acid groups (broad SMARTS) is 1. The zero-order chi connectivity index (χ0) is 46.4. The van der Waals surface area contributed by atoms with Crippen molar-refractivity contribution in [3.8, 4) is 0 Å². The van der Waals surface area contributed by atoms with Gasteiger partial charge < -0.3 is 72.3 Å². The molecule has 0 bridgehead atoms. The van der Waals surface area contributed by atoms with Crippen LogP contribution in [0, 0.1) is 0 Å². The molecule has 24 heteroatoms. The van der Waals surface area contributed by atoms with Crippen molar-refractivity contribution in [2.24, 2.45) is 5.73 Å². The van der Waals surface area contributed by atoms with E-state index in [1.165, 1.54) is 26.5 Å². The van der Waals surface area contributed by atoms with Crippen molar-refractivity contribution in [1.29, 1.82) is 0 Å². The van der Waals surface area contributed by atoms with Gasteiger partial charge in [0, 0.05) is 32.6 Å². The number of nitrogens with two attached hydrogens (primary N) is 1. The smallest absolute Gasteiger partial charge is 0.328 e. The zero-order valence-corrected chi connectivity index (χ0v) is 35.5. The number of rotatable bonds is 21. The van der Waals surface area contributed by atoms with Gasteiger partial charge in [0.1, 0.15) is 48.3 Å². The lowest BCUT2D eigenvalue weighted by Gasteiger charge is -2.34. The summed E-state index contributed by atoms with van der Waals surface area (Å²) < 4.78 is 0. The fourth-order valence-electron chi connectivity index (χ4n) is 8.44. The molecule has 4 aliphatic heterocycles. The van der Waals surface area contributed by atoms with Gasteiger partial charge in [0.2, 0.25) is 53.2 Å². The van der Waals surface area contributed by atoms with Gasteiger partial charge in [0.15, 0.2) is 0 Å². The lowest BCUT2D eigenvalue weighted by Crippen LogP contribution is -2.59. The van der Waals surface area contributed by atoms with Gasteiger partial charge in [0.05, 0.1) is 26.4 Å². The highest BCUT2D eigenvalue weighted by Gasteiger charge is 2.46. The van der Waals surface area contributed by atoms with Crippen molar-refractivity contribution in [3.05, 3.63) is 0 Å². The molecule has 4 fully saturated rings. The molecule has 352 valence electrons. The van der Waals surface area contributed by atoms with E-state index in [0.29, 0.717) is 64.5 Å². The van der Waals surface area contributed by atoms with Crippen LogP contribution in [0.1, 0.15) is 77.6 Å². The topological polar surface area (TPSA) is 351 Å². The lowest BCUT2D eigenvalue weighted by molar-refractivity contribution is -0.151. The van der Waals surface area contributed by atoms with Crippen LogP contribution in [0.4, 0.5) is 0 Å². The highest BCUT2D eigenvalue weighted by atomic mass is 16.4. The van der Waals surface area contributed by atoms with Gasteiger partial charge >= 0.3 is 5.97 Å². The standard InChI is InChI=1S/C39H62N10O14/c1-22(42-30(53)18-41-32(55)23(19-50)43-33(56)24(20-51)44-34(57)26-8-4-14-46(26)31(54)12-2-3-13-40)36(59)48-16-6-10-28(48)38(61)49-17-7-11-29(49)37(60)47-15-5-9-27(47)35(58)45-25(21-52)39(62)63/h22-29,50-52H,2-21,40H2,1H3,(H,41,55)(H,42,53)(H,43,56)(H,44,57)(H,45,58)(H,62,63)/t22-,23-,24-,25-,26-,27-,28-,29-/m0/s1. The van der Waals surface area contributed by atoms with Crippen LogP contribution in [0.15, 0.2) is 0 Å². The van der Waals surface area contributed by atoms with Gasteiger partial charge in [-0.05, 0) is 77.7 Å². The summed E-state index contributed by atoms with van der Waals surface area (Å²) in [5, 5.41) is 49.9. The Labute approximate surface area is 364 Å². The average molecular weight is 895 g/mol. The summed E-state index contributed by atoms with van der Waals surface area (Å²) in [6.07, 6.45) is 4.57. The van der Waals surface area contributed by atoms with Crippen LogP contribution in [0.25, 0.3) is 0 Å². The summed E-state index contributed by atoms with van der Waals surface area (Å²) in [7, 11) is 0. The highest BCUT2D eigenvalue weighted by Crippen LogP contribution is 2.29. The van der Waals surface area contributed by atoms with Gasteiger partial charge in [-0.2, -0.15) is 0 Å². The van der Waals surface area contributed by atoms with Gasteiger partial charge in [-0.15, -0.1) is 0 Å². The van der Waals surface area contributed by atoms with E-state index >= 15 is 0 Å². The second-order valence-electron chi connectivity index (χ2n) is 16.1. The molecule has 63 heavy (non-hydrogen) atoms. The van der Waals surface area contributed by atoms with Crippen LogP contribution in [-0.2, 0) is 47.9 Å². The molecule has 0 aromatic heterocycles. The molecule has 0 aromatic rings. The third-order valence-electron chi connectivity index (χ3n) is 11.8. The molecule has 24 nitrogen and oxygen atoms in total. The first kappa shape index (κ1) is 50.2. The maximum atomic E-state index is 14.0. The van der Waals surface area contributed by atoms with Gasteiger partial charge in [-0.1, -0.05) is 0 Å². The summed E-state index contributed by atoms with van der Waals surface area (Å²) >= 11 is 0. The van der Waals surface area contributed by atoms with Gasteiger partial charge in [-0.25, -0.2) is 4.79 Å². The SMILES string of the molecule is C[C@H](NC(=O)CNC(=O)[C@H](CO)NC(=O)[C@H](CO)NC(=O)[C@@H]1CCCN1C(=O)CCCCN)C(=O)N1CCC[C@H]1C(=O)N1CCC[C@H]1C(=O)N1CCC[C@H]1C(=O)N[C@@H](CO)C(=O)O. The van der Waals surface area contributed by atoms with Crippen LogP contribution < -0.4 is 32.3 Å². The molecular formula is C39H62N10O14. The van der Waals surface area contributed by atoms with E-state index in [1.807, 2.05) is 0 Å². The molecule has 0 spiro atoms. The molecule has 4 heterocycles. The number of aliphatic hydroxyl groups is 3. The monoisotopic (exact) mass is 894 g/mol. The minimum Gasteiger partial charge on any atom is -0.480 e. The Morgan fingerprint density at radius 1 is 0.587 bits per heavy atom. The number of hydrogen-bond acceptors (Lipinski definition) is 14. The van der Waals surface area contributed by atoms with Crippen molar-refractivity contribution >= 4 is 59.1 Å². The van der Waals surface area contributed by atoms with Crippen LogP contribution in [0.5, 0.6) is 0 Å². The maximum Gasteiger partial charge on any atom is 0.328 e. The van der Waals surface area contributed by atoms with Crippen molar-refractivity contribution in [2.45, 2.75) is 126 Å². The number of likely N-dealkylation sites (tertiary alicyclic amines) is 4. The minimum absolute atomic E-state index is 0.183. The number of amides is 9. The number of hydrogen-bond donors (Lipinski definition) is 10. The molecular weight excluding hydrogens is 832 g/mol. The molecule has 9 amide bonds. The summed E-state index contributed by atoms with van der Waals surface area (Å²) in [5.41, 5.74) is 5.49. The number of carbonyl (C=O) groups is 10. The fraction of sp³-hybridized carbons (Fsp3) is 0.744. The fourth-order valence-corrected chi connectivity index (χ4v) is 8.44. The van der Waals surface area contributed by atoms with Crippen molar-refractivity contribution in [1.82, 2.24) is 46.2 Å². The first-order chi connectivity index (χ1) is 30.1. The third-order valence-corrected chi connectivity index (χ3v) is 11.8. The summed E-state index contributed by atoms with van der Waals surface area (Å²) in [4.78, 5) is 135. The van der Waals surface area contributed by atoms with Crippen molar-refractivity contribution in [2.75, 3.05) is 59.1 Å². The number of aliphatic carboxylic acids is 1. The number of unbranched alkanes of at least 4 members (excludes halogenated alkanes) is 1. The predicted octanol–water partition coefficient (Wildman–Crippen LogP) is -5.78. The summed E-state index contributed by atoms with van der Waals surface area (Å²) in [6.45, 7) is -0.548. The molecule has 0 aromatic carbocycles. The molecule has 0 radical (unpaired) electrons. The molecule has 8 atom stereocenters. The Morgan fingerprint density at radius 3 is 1.59 bits per heavy atom. The van der Waals surface area contributed by atoms with Crippen LogP contribution in [-0.4, -0.2) is 207 Å². The van der Waals surface area contributed by atoms with Gasteiger partial charge in [-0.3, -0.25) is 43.2 Å². The van der Waals surface area contributed by atoms with E-state index in [-0.39, 0.29) is 44.8 Å². The molecule has 4 rings (SSSR count). The Hall–Kier alpha value is -5.46. The van der Waals surface area contributed by atoms with Crippen LogP contribution in [0.3, 0.4) is 0 Å². The van der Waals surface area contributed by atoms with Crippen LogP contribution in [0.2, 0.25) is 0 Å². The molecule has 0 saturated carbocycles. The largest absolute Gasteiger partial charge is 0.480 e. The number of nitrogens with one attached hydrogen (secondary N) is 5. The predicted molar refractivity (Wildman–Crippen MR) is 217 cm³/mol. The molecule has 0 unspecified atom stereocenters. The first-order valence-corrected chi connectivity index (χ1v) is 21.5. The second kappa shape index (κ2) is 23.8. The Kier molecular flexibility index (Phi) is 19.0. The minimum atomic E-state index is -1.61. The highest BCUT2D eigenvalue weighted by molar-refractivity contribution is 5.98. The molecule has 11 N–H and O–H groups in total. The first-order valence-electron chi connectivity index (χ1n) is 21.5. The van der Waals surface area contributed by atoms with Crippen molar-refractivity contribution in [3.63, 3.8) is 0 Å². The Bertz CT molecular complexity index is 1720. The number of nitrogens with zero attached hydrogens (tertiary/aromatic N) is 4. The molecule has 4 aliphatic rings. The third kappa shape index (κ3) is 12.8. The van der Waals surface area contributed by atoms with E-state index < -0.39 is 128 Å². The van der Waals surface area contributed by atoms with E-state index in [0.717, 1.165) is 0 Å². The molecule has 0 aliphatic carbocycles. The number of carbonyl (C=O) groups excluding carboxylic acids is 9. The second-order valence-corrected chi connectivity index (χ2v) is 16.1. The molecule has 4 saturated heterocycles. The van der Waals surface area contributed by atoms with E-state index in [4.69, 9.17) is 5.73 Å². The Morgan fingerprint density at radius 2 is 1.05 bits per heavy atom. The van der Waals surface area contributed by atoms with E-state index in [1.54, 1.807) is 0 Å². The number of aliphatic hydroxyl groups excluding tert-OH is 3. The van der Waals surface area contributed by atoms with Crippen LogP contribution >= 0.6 is 0 Å². The van der Waals surface area contributed by atoms with Gasteiger partial charge in [0.25, 0.3) is 0 Å². The average Bonchev–Trinajstić information content (AvgIpc) is 4.12.